The number of aromatic amines is 1. The van der Waals surface area contributed by atoms with Gasteiger partial charge in [-0.15, -0.1) is 11.3 Å². The summed E-state index contributed by atoms with van der Waals surface area (Å²) >= 11 is 3.54. The van der Waals surface area contributed by atoms with Crippen molar-refractivity contribution in [3.63, 3.8) is 0 Å². The minimum Gasteiger partial charge on any atom is -0.254 e. The minimum absolute atomic E-state index is 0.775. The fourth-order valence-electron chi connectivity index (χ4n) is 2.13. The average molecular weight is 315 g/mol. The normalized spacial score (nSPS) is 11.0. The summed E-state index contributed by atoms with van der Waals surface area (Å²) in [6.07, 6.45) is 0.775. The lowest BCUT2D eigenvalue weighted by Gasteiger charge is -1.98. The highest BCUT2D eigenvalue weighted by molar-refractivity contribution is 7.98. The third-order valence-electron chi connectivity index (χ3n) is 3.10. The van der Waals surface area contributed by atoms with Gasteiger partial charge in [0.05, 0.1) is 0 Å². The number of thiophene rings is 1. The number of hydrogen-bond acceptors (Lipinski definition) is 4. The van der Waals surface area contributed by atoms with Crippen LogP contribution in [0.5, 0.6) is 0 Å². The molecule has 0 aliphatic carbocycles. The summed E-state index contributed by atoms with van der Waals surface area (Å²) in [5.74, 6) is 1.79. The van der Waals surface area contributed by atoms with Crippen LogP contribution < -0.4 is 0 Å². The zero-order valence-electron chi connectivity index (χ0n) is 12.1. The molecule has 0 atom stereocenters. The Labute approximate surface area is 132 Å². The molecule has 108 valence electrons. The van der Waals surface area contributed by atoms with E-state index in [0.717, 1.165) is 23.2 Å². The van der Waals surface area contributed by atoms with Crippen LogP contribution in [0.15, 0.2) is 41.6 Å². The highest BCUT2D eigenvalue weighted by atomic mass is 32.2. The van der Waals surface area contributed by atoms with Crippen LogP contribution in [-0.2, 0) is 12.2 Å². The van der Waals surface area contributed by atoms with E-state index in [9.17, 15) is 0 Å². The van der Waals surface area contributed by atoms with Gasteiger partial charge in [-0.1, -0.05) is 41.6 Å². The van der Waals surface area contributed by atoms with Crippen LogP contribution in [0.3, 0.4) is 0 Å². The second-order valence-electron chi connectivity index (χ2n) is 5.02. The van der Waals surface area contributed by atoms with Crippen LogP contribution >= 0.6 is 23.1 Å². The molecule has 1 aromatic carbocycles. The first-order chi connectivity index (χ1) is 10.2. The van der Waals surface area contributed by atoms with E-state index >= 15 is 0 Å². The molecule has 0 saturated heterocycles. The molecule has 2 heterocycles. The monoisotopic (exact) mass is 315 g/mol. The summed E-state index contributed by atoms with van der Waals surface area (Å²) in [5.41, 5.74) is 2.52. The third kappa shape index (κ3) is 3.95. The molecule has 0 amide bonds. The number of rotatable bonds is 5. The Kier molecular flexibility index (Phi) is 4.41. The zero-order chi connectivity index (χ0) is 14.7. The first kappa shape index (κ1) is 14.4. The summed E-state index contributed by atoms with van der Waals surface area (Å²) in [6.45, 7) is 4.24. The van der Waals surface area contributed by atoms with Crippen LogP contribution in [0.25, 0.3) is 0 Å². The van der Waals surface area contributed by atoms with E-state index in [2.05, 4.69) is 65.4 Å². The number of nitrogens with zero attached hydrogens (tertiary/aromatic N) is 2. The van der Waals surface area contributed by atoms with Crippen molar-refractivity contribution >= 4 is 23.1 Å². The Bertz CT molecular complexity index is 730. The van der Waals surface area contributed by atoms with Gasteiger partial charge in [0.15, 0.2) is 11.0 Å². The second-order valence-corrected chi connectivity index (χ2v) is 7.36. The van der Waals surface area contributed by atoms with Gasteiger partial charge in [-0.05, 0) is 31.5 Å². The standard InChI is InChI=1S/C16H17N3S2/c1-11-4-3-5-13(8-11)9-15-17-16(19-18-15)20-10-14-7-6-12(2)21-14/h3-8H,9-10H2,1-2H3,(H,17,18,19). The van der Waals surface area contributed by atoms with Crippen LogP contribution in [0.1, 0.15) is 26.7 Å². The SMILES string of the molecule is Cc1cccc(Cc2n[nH]c(SCc3ccc(C)s3)n2)c1. The Balaban J connectivity index is 1.61. The summed E-state index contributed by atoms with van der Waals surface area (Å²) in [7, 11) is 0. The Morgan fingerprint density at radius 3 is 2.86 bits per heavy atom. The molecule has 0 aliphatic rings. The predicted octanol–water partition coefficient (Wildman–Crippen LogP) is 4.37. The molecule has 3 rings (SSSR count). The molecule has 0 unspecified atom stereocenters. The number of thioether (sulfide) groups is 1. The number of benzene rings is 1. The summed E-state index contributed by atoms with van der Waals surface area (Å²) < 4.78 is 0. The van der Waals surface area contributed by atoms with Gasteiger partial charge in [0, 0.05) is 21.9 Å². The van der Waals surface area contributed by atoms with Gasteiger partial charge in [0.25, 0.3) is 0 Å². The highest BCUT2D eigenvalue weighted by Crippen LogP contribution is 2.24. The number of H-pyrrole nitrogens is 1. The van der Waals surface area contributed by atoms with Gasteiger partial charge < -0.3 is 0 Å². The van der Waals surface area contributed by atoms with E-state index in [1.54, 1.807) is 11.8 Å². The fraction of sp³-hybridized carbons (Fsp3) is 0.250. The fourth-order valence-corrected chi connectivity index (χ4v) is 3.88. The van der Waals surface area contributed by atoms with Crippen LogP contribution in [-0.4, -0.2) is 15.2 Å². The van der Waals surface area contributed by atoms with E-state index in [4.69, 9.17) is 0 Å². The molecule has 21 heavy (non-hydrogen) atoms. The van der Waals surface area contributed by atoms with Crippen LogP contribution in [0, 0.1) is 13.8 Å². The van der Waals surface area contributed by atoms with Crippen molar-refractivity contribution < 1.29 is 0 Å². The van der Waals surface area contributed by atoms with Crippen molar-refractivity contribution in [2.75, 3.05) is 0 Å². The van der Waals surface area contributed by atoms with Crippen molar-refractivity contribution in [3.05, 3.63) is 63.1 Å². The molecule has 0 bridgehead atoms. The largest absolute Gasteiger partial charge is 0.254 e. The number of aromatic nitrogens is 3. The van der Waals surface area contributed by atoms with E-state index in [-0.39, 0.29) is 0 Å². The smallest absolute Gasteiger partial charge is 0.184 e. The van der Waals surface area contributed by atoms with Crippen molar-refractivity contribution in [2.24, 2.45) is 0 Å². The van der Waals surface area contributed by atoms with E-state index < -0.39 is 0 Å². The quantitative estimate of drug-likeness (QED) is 0.711. The van der Waals surface area contributed by atoms with E-state index in [1.807, 2.05) is 11.3 Å². The summed E-state index contributed by atoms with van der Waals surface area (Å²) in [5, 5.41) is 8.22. The Hall–Kier alpha value is -1.59. The van der Waals surface area contributed by atoms with Gasteiger partial charge in [-0.3, -0.25) is 5.10 Å². The third-order valence-corrected chi connectivity index (χ3v) is 5.20. The summed E-state index contributed by atoms with van der Waals surface area (Å²) in [6, 6.07) is 12.8. The van der Waals surface area contributed by atoms with Crippen molar-refractivity contribution in [2.45, 2.75) is 31.2 Å². The van der Waals surface area contributed by atoms with Gasteiger partial charge in [-0.2, -0.15) is 5.10 Å². The lowest BCUT2D eigenvalue weighted by atomic mass is 10.1. The Morgan fingerprint density at radius 2 is 2.10 bits per heavy atom. The van der Waals surface area contributed by atoms with Crippen molar-refractivity contribution in [1.29, 1.82) is 0 Å². The molecular weight excluding hydrogens is 298 g/mol. The molecule has 3 aromatic rings. The van der Waals surface area contributed by atoms with Gasteiger partial charge in [0.1, 0.15) is 0 Å². The molecule has 0 saturated carbocycles. The molecule has 0 radical (unpaired) electrons. The molecule has 1 N–H and O–H groups in total. The molecule has 5 heteroatoms. The maximum absolute atomic E-state index is 4.56. The highest BCUT2D eigenvalue weighted by Gasteiger charge is 2.06. The lowest BCUT2D eigenvalue weighted by Crippen LogP contribution is -1.91. The van der Waals surface area contributed by atoms with Crippen LogP contribution in [0.2, 0.25) is 0 Å². The van der Waals surface area contributed by atoms with Gasteiger partial charge in [-0.25, -0.2) is 4.98 Å². The molecule has 3 nitrogen and oxygen atoms in total. The first-order valence-corrected chi connectivity index (χ1v) is 8.64. The molecule has 0 fully saturated rings. The van der Waals surface area contributed by atoms with Gasteiger partial charge >= 0.3 is 0 Å². The van der Waals surface area contributed by atoms with Crippen LogP contribution in [0.4, 0.5) is 0 Å². The number of aryl methyl sites for hydroxylation is 2. The summed E-state index contributed by atoms with van der Waals surface area (Å²) in [4.78, 5) is 7.28. The van der Waals surface area contributed by atoms with Crippen molar-refractivity contribution in [3.8, 4) is 0 Å². The van der Waals surface area contributed by atoms with Gasteiger partial charge in [0.2, 0.25) is 0 Å². The lowest BCUT2D eigenvalue weighted by molar-refractivity contribution is 0.956. The maximum Gasteiger partial charge on any atom is 0.184 e. The average Bonchev–Trinajstić information content (AvgIpc) is 3.06. The molecular formula is C16H17N3S2. The second kappa shape index (κ2) is 6.45. The van der Waals surface area contributed by atoms with E-state index in [1.165, 1.54) is 20.9 Å². The molecule has 0 aliphatic heterocycles. The number of hydrogen-bond donors (Lipinski definition) is 1. The minimum atomic E-state index is 0.775. The van der Waals surface area contributed by atoms with E-state index in [0.29, 0.717) is 0 Å². The topological polar surface area (TPSA) is 41.6 Å². The first-order valence-electron chi connectivity index (χ1n) is 6.84. The van der Waals surface area contributed by atoms with Crippen molar-refractivity contribution in [1.82, 2.24) is 15.2 Å². The maximum atomic E-state index is 4.56. The predicted molar refractivity (Wildman–Crippen MR) is 89.0 cm³/mol. The zero-order valence-corrected chi connectivity index (χ0v) is 13.7. The molecule has 2 aromatic heterocycles. The molecule has 0 spiro atoms. The Morgan fingerprint density at radius 1 is 1.19 bits per heavy atom. The number of nitrogens with one attached hydrogen (secondary N) is 1.